The van der Waals surface area contributed by atoms with Gasteiger partial charge in [-0.1, -0.05) is 60.1 Å². The number of halogens is 1. The van der Waals surface area contributed by atoms with E-state index in [1.165, 1.54) is 11.9 Å². The number of nitrogens with one attached hydrogen (secondary N) is 2. The number of amides is 2. The molecule has 1 heterocycles. The van der Waals surface area contributed by atoms with Crippen LogP contribution in [-0.4, -0.2) is 133 Å². The number of aliphatic imine (C=N–C) groups is 1. The number of carbonyl (C=O) groups is 3. The highest BCUT2D eigenvalue weighted by molar-refractivity contribution is 6.31. The van der Waals surface area contributed by atoms with E-state index in [4.69, 9.17) is 33.9 Å². The Hall–Kier alpha value is -4.95. The lowest BCUT2D eigenvalue weighted by molar-refractivity contribution is -0.149. The highest BCUT2D eigenvalue weighted by Crippen LogP contribution is 2.22. The van der Waals surface area contributed by atoms with Gasteiger partial charge in [-0.25, -0.2) is 14.8 Å². The zero-order valence-electron chi connectivity index (χ0n) is 31.8. The van der Waals surface area contributed by atoms with Gasteiger partial charge in [-0.05, 0) is 73.7 Å². The number of aromatic nitrogens is 2. The highest BCUT2D eigenvalue weighted by atomic mass is 35.5. The van der Waals surface area contributed by atoms with Crippen LogP contribution in [0.2, 0.25) is 5.15 Å². The second kappa shape index (κ2) is 23.3. The number of nitrogen functional groups attached to an aromatic ring is 2. The van der Waals surface area contributed by atoms with Gasteiger partial charge in [0.25, 0.3) is 5.91 Å². The number of aliphatic hydroxyl groups is 5. The fourth-order valence-corrected chi connectivity index (χ4v) is 5.92. The van der Waals surface area contributed by atoms with Crippen LogP contribution in [0, 0.1) is 0 Å². The van der Waals surface area contributed by atoms with Gasteiger partial charge in [-0.3, -0.25) is 19.9 Å². The zero-order chi connectivity index (χ0) is 42.1. The van der Waals surface area contributed by atoms with Crippen molar-refractivity contribution in [3.05, 3.63) is 70.5 Å². The average molecular weight is 816 g/mol. The number of unbranched alkanes of at least 4 members (excludes halogenated alkanes) is 2. The number of likely N-dealkylation sites (N-methyl/N-ethyl adjacent to an activating group) is 1. The Balaban J connectivity index is 1.36. The van der Waals surface area contributed by atoms with E-state index in [1.54, 1.807) is 0 Å². The average Bonchev–Trinajstić information content (AvgIpc) is 3.19. The van der Waals surface area contributed by atoms with Gasteiger partial charge in [0.2, 0.25) is 5.91 Å². The minimum atomic E-state index is -1.71. The number of aliphatic hydroxyl groups excluding tert-OH is 5. The van der Waals surface area contributed by atoms with Crippen molar-refractivity contribution in [3.8, 4) is 11.1 Å². The molecule has 0 aliphatic heterocycles. The fraction of sp³-hybridized carbons (Fsp3) is 0.474. The molecule has 0 saturated heterocycles. The molecule has 2 amide bonds. The van der Waals surface area contributed by atoms with Crippen LogP contribution in [0.4, 0.5) is 11.6 Å². The number of rotatable bonds is 23. The van der Waals surface area contributed by atoms with Crippen molar-refractivity contribution in [1.82, 2.24) is 25.5 Å². The molecule has 0 unspecified atom stereocenters. The molecule has 0 aliphatic rings. The third-order valence-corrected chi connectivity index (χ3v) is 9.57. The monoisotopic (exact) mass is 815 g/mol. The first-order valence-electron chi connectivity index (χ1n) is 18.5. The fourth-order valence-electron chi connectivity index (χ4n) is 5.80. The Labute approximate surface area is 335 Å². The number of carboxylic acids is 1. The van der Waals surface area contributed by atoms with E-state index in [-0.39, 0.29) is 53.7 Å². The van der Waals surface area contributed by atoms with Crippen LogP contribution in [0.25, 0.3) is 11.1 Å². The van der Waals surface area contributed by atoms with Gasteiger partial charge in [0.15, 0.2) is 28.4 Å². The first-order valence-corrected chi connectivity index (χ1v) is 18.9. The Morgan fingerprint density at radius 3 is 2.04 bits per heavy atom. The van der Waals surface area contributed by atoms with E-state index in [9.17, 15) is 39.9 Å². The SMILES string of the molecule is CN(C(=O)CCc1ccc(-c2ccc(CCCCN=C(N)NC(=O)c3nc(Cl)c(N)nc3N)cc2)cc1)[C@H](CCCCNC[C@H](O)[C@@H](O)[C@H](O)[C@H](O)CO)C(=O)O. The molecular weight excluding hydrogens is 762 g/mol. The summed E-state index contributed by atoms with van der Waals surface area (Å²) >= 11 is 5.82. The number of anilines is 2. The largest absolute Gasteiger partial charge is 0.480 e. The summed E-state index contributed by atoms with van der Waals surface area (Å²) in [4.78, 5) is 50.3. The number of carboxylic acid groups (broad SMARTS) is 1. The van der Waals surface area contributed by atoms with Crippen LogP contribution in [-0.2, 0) is 22.4 Å². The van der Waals surface area contributed by atoms with Gasteiger partial charge >= 0.3 is 5.97 Å². The van der Waals surface area contributed by atoms with Crippen molar-refractivity contribution in [1.29, 1.82) is 0 Å². The third-order valence-electron chi connectivity index (χ3n) is 9.29. The molecule has 0 radical (unpaired) electrons. The van der Waals surface area contributed by atoms with Gasteiger partial charge in [-0.2, -0.15) is 0 Å². The highest BCUT2D eigenvalue weighted by Gasteiger charge is 2.30. The first kappa shape index (κ1) is 46.4. The lowest BCUT2D eigenvalue weighted by Gasteiger charge is -2.26. The molecule has 57 heavy (non-hydrogen) atoms. The van der Waals surface area contributed by atoms with Gasteiger partial charge in [0, 0.05) is 26.6 Å². The summed E-state index contributed by atoms with van der Waals surface area (Å²) in [7, 11) is 1.48. The zero-order valence-corrected chi connectivity index (χ0v) is 32.6. The molecule has 3 aromatic rings. The standard InChI is InChI=1S/C38H54ClN9O9/c1-48(26(37(56)57)7-3-4-18-43-20-27(50)31(53)32(54)28(51)21-49)29(52)17-12-23-10-15-25(16-11-23)24-13-8-22(9-14-24)6-2-5-19-44-38(42)47-36(55)30-34(40)46-35(41)33(39)45-30/h8-11,13-16,26-28,31-32,43,49-51,53-54H,2-7,12,17-21H2,1H3,(H,56,57)(H4,40,41,46)(H3,42,44,47,55)/t26-,27+,28-,31-,32-/m1/s1. The Morgan fingerprint density at radius 2 is 1.44 bits per heavy atom. The van der Waals surface area contributed by atoms with Crippen molar-refractivity contribution in [3.63, 3.8) is 0 Å². The predicted octanol–water partition coefficient (Wildman–Crippen LogP) is 0.0688. The number of hydrogen-bond acceptors (Lipinski definition) is 14. The predicted molar refractivity (Wildman–Crippen MR) is 215 cm³/mol. The topological polar surface area (TPSA) is 316 Å². The summed E-state index contributed by atoms with van der Waals surface area (Å²) in [6.07, 6.45) is -2.15. The molecule has 19 heteroatoms. The Bertz CT molecular complexity index is 1780. The van der Waals surface area contributed by atoms with Gasteiger partial charge in [0.1, 0.15) is 24.4 Å². The molecule has 5 atom stereocenters. The summed E-state index contributed by atoms with van der Waals surface area (Å²) in [5.41, 5.74) is 21.0. The number of nitrogens with zero attached hydrogens (tertiary/aromatic N) is 4. The van der Waals surface area contributed by atoms with E-state index in [0.717, 1.165) is 41.5 Å². The van der Waals surface area contributed by atoms with Gasteiger partial charge in [-0.15, -0.1) is 0 Å². The molecule has 0 fully saturated rings. The van der Waals surface area contributed by atoms with Gasteiger partial charge < -0.3 is 58.1 Å². The maximum atomic E-state index is 12.9. The number of nitrogens with two attached hydrogens (primary N) is 3. The van der Waals surface area contributed by atoms with Crippen molar-refractivity contribution < 1.29 is 45.0 Å². The third kappa shape index (κ3) is 14.8. The lowest BCUT2D eigenvalue weighted by atomic mass is 9.99. The van der Waals surface area contributed by atoms with Crippen molar-refractivity contribution >= 4 is 47.0 Å². The number of aryl methyl sites for hydroxylation is 2. The molecule has 14 N–H and O–H groups in total. The number of benzene rings is 2. The molecule has 3 rings (SSSR count). The second-order valence-electron chi connectivity index (χ2n) is 13.6. The number of hydrogen-bond donors (Lipinski definition) is 11. The summed E-state index contributed by atoms with van der Waals surface area (Å²) in [6.45, 7) is -0.0818. The normalized spacial score (nSPS) is 14.3. The molecule has 2 aromatic carbocycles. The van der Waals surface area contributed by atoms with E-state index < -0.39 is 48.9 Å². The molecule has 0 bridgehead atoms. The van der Waals surface area contributed by atoms with Crippen molar-refractivity contribution in [2.45, 2.75) is 81.8 Å². The molecule has 18 nitrogen and oxygen atoms in total. The van der Waals surface area contributed by atoms with Crippen LogP contribution in [0.5, 0.6) is 0 Å². The Kier molecular flexibility index (Phi) is 19.0. The molecule has 1 aromatic heterocycles. The molecule has 0 saturated carbocycles. The van der Waals surface area contributed by atoms with Gasteiger partial charge in [0.05, 0.1) is 12.7 Å². The number of aliphatic carboxylic acids is 1. The minimum absolute atomic E-state index is 0.0819. The summed E-state index contributed by atoms with van der Waals surface area (Å²) in [6, 6.07) is 15.1. The van der Waals surface area contributed by atoms with Crippen molar-refractivity contribution in [2.75, 3.05) is 44.8 Å². The summed E-state index contributed by atoms with van der Waals surface area (Å²) in [5.74, 6) is -2.44. The molecular formula is C38H54ClN9O9. The smallest absolute Gasteiger partial charge is 0.326 e. The van der Waals surface area contributed by atoms with Crippen LogP contribution in [0.15, 0.2) is 53.5 Å². The maximum absolute atomic E-state index is 12.9. The number of carbonyl (C=O) groups excluding carboxylic acids is 2. The lowest BCUT2D eigenvalue weighted by Crippen LogP contribution is -2.49. The van der Waals surface area contributed by atoms with E-state index in [0.29, 0.717) is 32.4 Å². The van der Waals surface area contributed by atoms with Crippen LogP contribution >= 0.6 is 11.6 Å². The van der Waals surface area contributed by atoms with Crippen LogP contribution < -0.4 is 27.8 Å². The molecule has 312 valence electrons. The van der Waals surface area contributed by atoms with Crippen LogP contribution in [0.3, 0.4) is 0 Å². The summed E-state index contributed by atoms with van der Waals surface area (Å²) < 4.78 is 0. The first-order chi connectivity index (χ1) is 27.1. The Morgan fingerprint density at radius 1 is 0.842 bits per heavy atom. The maximum Gasteiger partial charge on any atom is 0.326 e. The second-order valence-corrected chi connectivity index (χ2v) is 13.9. The van der Waals surface area contributed by atoms with Crippen molar-refractivity contribution in [2.24, 2.45) is 10.7 Å². The molecule has 0 spiro atoms. The minimum Gasteiger partial charge on any atom is -0.480 e. The van der Waals surface area contributed by atoms with Crippen LogP contribution in [0.1, 0.15) is 60.1 Å². The molecule has 0 aliphatic carbocycles. The van der Waals surface area contributed by atoms with E-state index in [1.807, 2.05) is 36.4 Å². The van der Waals surface area contributed by atoms with E-state index in [2.05, 4.69) is 37.7 Å². The quantitative estimate of drug-likeness (QED) is 0.0343. The number of guanidine groups is 1. The van der Waals surface area contributed by atoms with E-state index >= 15 is 0 Å². The summed E-state index contributed by atoms with van der Waals surface area (Å²) in [5, 5.41) is 62.8.